The van der Waals surface area contributed by atoms with Gasteiger partial charge in [-0.2, -0.15) is 0 Å². The molecule has 0 aliphatic carbocycles. The molecule has 1 aromatic rings. The second kappa shape index (κ2) is 7.47. The van der Waals surface area contributed by atoms with Gasteiger partial charge >= 0.3 is 0 Å². The molecule has 2 fully saturated rings. The van der Waals surface area contributed by atoms with Crippen molar-refractivity contribution in [3.8, 4) is 0 Å². The molecule has 0 saturated carbocycles. The van der Waals surface area contributed by atoms with E-state index in [1.54, 1.807) is 13.4 Å². The fourth-order valence-electron chi connectivity index (χ4n) is 3.70. The van der Waals surface area contributed by atoms with Crippen LogP contribution < -0.4 is 0 Å². The molecule has 23 heavy (non-hydrogen) atoms. The first-order chi connectivity index (χ1) is 11.2. The van der Waals surface area contributed by atoms with E-state index in [0.717, 1.165) is 45.0 Å². The van der Waals surface area contributed by atoms with Crippen LogP contribution in [0.1, 0.15) is 12.2 Å². The van der Waals surface area contributed by atoms with Crippen molar-refractivity contribution in [1.82, 2.24) is 9.80 Å². The average Bonchev–Trinajstić information content (AvgIpc) is 3.17. The Morgan fingerprint density at radius 3 is 3.13 bits per heavy atom. The van der Waals surface area contributed by atoms with E-state index >= 15 is 0 Å². The van der Waals surface area contributed by atoms with Gasteiger partial charge in [0.25, 0.3) is 0 Å². The molecule has 128 valence electrons. The second-order valence-corrected chi connectivity index (χ2v) is 6.63. The SMILES string of the molecule is COCC(=O)N1CC[C@H]2CO[C@H](CN(C)Cc3ccco3)[C@H]2C1. The number of piperidine rings is 1. The maximum atomic E-state index is 12.1. The van der Waals surface area contributed by atoms with Crippen LogP contribution in [0.3, 0.4) is 0 Å². The molecule has 0 unspecified atom stereocenters. The number of likely N-dealkylation sites (tertiary alicyclic amines) is 1. The zero-order valence-electron chi connectivity index (χ0n) is 13.9. The summed E-state index contributed by atoms with van der Waals surface area (Å²) in [5, 5.41) is 0. The van der Waals surface area contributed by atoms with Gasteiger partial charge in [-0.05, 0) is 31.5 Å². The maximum Gasteiger partial charge on any atom is 0.248 e. The topological polar surface area (TPSA) is 55.1 Å². The molecule has 0 N–H and O–H groups in total. The van der Waals surface area contributed by atoms with Crippen molar-refractivity contribution in [3.05, 3.63) is 24.2 Å². The number of likely N-dealkylation sites (N-methyl/N-ethyl adjacent to an activating group) is 1. The molecule has 0 bridgehead atoms. The van der Waals surface area contributed by atoms with E-state index in [1.165, 1.54) is 0 Å². The Morgan fingerprint density at radius 2 is 2.39 bits per heavy atom. The summed E-state index contributed by atoms with van der Waals surface area (Å²) >= 11 is 0. The lowest BCUT2D eigenvalue weighted by Crippen LogP contribution is -2.48. The number of fused-ring (bicyclic) bond motifs is 1. The highest BCUT2D eigenvalue weighted by Gasteiger charge is 2.42. The highest BCUT2D eigenvalue weighted by Crippen LogP contribution is 2.34. The zero-order chi connectivity index (χ0) is 16.2. The van der Waals surface area contributed by atoms with E-state index in [4.69, 9.17) is 13.9 Å². The largest absolute Gasteiger partial charge is 0.468 e. The Balaban J connectivity index is 1.55. The van der Waals surface area contributed by atoms with Crippen molar-refractivity contribution in [1.29, 1.82) is 0 Å². The molecule has 0 spiro atoms. The number of furan rings is 1. The van der Waals surface area contributed by atoms with Crippen molar-refractivity contribution in [2.75, 3.05) is 47.0 Å². The van der Waals surface area contributed by atoms with Gasteiger partial charge in [0.2, 0.25) is 5.91 Å². The van der Waals surface area contributed by atoms with Crippen LogP contribution in [0.15, 0.2) is 22.8 Å². The Morgan fingerprint density at radius 1 is 1.52 bits per heavy atom. The molecule has 3 atom stereocenters. The lowest BCUT2D eigenvalue weighted by Gasteiger charge is -2.36. The zero-order valence-corrected chi connectivity index (χ0v) is 13.9. The number of methoxy groups -OCH3 is 1. The molecule has 2 aliphatic heterocycles. The van der Waals surface area contributed by atoms with Crippen LogP contribution >= 0.6 is 0 Å². The van der Waals surface area contributed by atoms with Crippen LogP contribution in [-0.2, 0) is 20.8 Å². The molecule has 3 rings (SSSR count). The summed E-state index contributed by atoms with van der Waals surface area (Å²) in [5.41, 5.74) is 0. The van der Waals surface area contributed by atoms with E-state index in [0.29, 0.717) is 11.8 Å². The molecule has 1 aromatic heterocycles. The van der Waals surface area contributed by atoms with E-state index in [-0.39, 0.29) is 18.6 Å². The average molecular weight is 322 g/mol. The Hall–Kier alpha value is -1.37. The summed E-state index contributed by atoms with van der Waals surface area (Å²) in [7, 11) is 3.64. The van der Waals surface area contributed by atoms with Gasteiger partial charge in [0.1, 0.15) is 12.4 Å². The second-order valence-electron chi connectivity index (χ2n) is 6.63. The van der Waals surface area contributed by atoms with Gasteiger partial charge in [-0.15, -0.1) is 0 Å². The van der Waals surface area contributed by atoms with Crippen LogP contribution in [0.25, 0.3) is 0 Å². The van der Waals surface area contributed by atoms with Gasteiger partial charge in [0.15, 0.2) is 0 Å². The number of amides is 1. The van der Waals surface area contributed by atoms with Crippen molar-refractivity contribution < 1.29 is 18.7 Å². The Labute approximate surface area is 137 Å². The van der Waals surface area contributed by atoms with E-state index in [1.807, 2.05) is 17.0 Å². The lowest BCUT2D eigenvalue weighted by atomic mass is 9.84. The van der Waals surface area contributed by atoms with E-state index < -0.39 is 0 Å². The summed E-state index contributed by atoms with van der Waals surface area (Å²) in [5.74, 6) is 2.04. The Bertz CT molecular complexity index is 505. The minimum Gasteiger partial charge on any atom is -0.468 e. The number of nitrogens with zero attached hydrogens (tertiary/aromatic N) is 2. The van der Waals surface area contributed by atoms with Gasteiger partial charge in [-0.25, -0.2) is 0 Å². The smallest absolute Gasteiger partial charge is 0.248 e. The summed E-state index contributed by atoms with van der Waals surface area (Å²) < 4.78 is 16.4. The molecule has 0 radical (unpaired) electrons. The van der Waals surface area contributed by atoms with Gasteiger partial charge in [0, 0.05) is 32.7 Å². The number of carbonyl (C=O) groups excluding carboxylic acids is 1. The minimum absolute atomic E-state index is 0.0838. The quantitative estimate of drug-likeness (QED) is 0.788. The molecule has 3 heterocycles. The first-order valence-corrected chi connectivity index (χ1v) is 8.26. The number of hydrogen-bond acceptors (Lipinski definition) is 5. The van der Waals surface area contributed by atoms with Gasteiger partial charge in [0.05, 0.1) is 25.5 Å². The fraction of sp³-hybridized carbons (Fsp3) is 0.706. The highest BCUT2D eigenvalue weighted by molar-refractivity contribution is 5.77. The predicted octanol–water partition coefficient (Wildman–Crippen LogP) is 1.22. The van der Waals surface area contributed by atoms with Crippen molar-refractivity contribution >= 4 is 5.91 Å². The van der Waals surface area contributed by atoms with Crippen molar-refractivity contribution in [2.24, 2.45) is 11.8 Å². The summed E-state index contributed by atoms with van der Waals surface area (Å²) in [4.78, 5) is 16.2. The van der Waals surface area contributed by atoms with Crippen molar-refractivity contribution in [3.63, 3.8) is 0 Å². The highest BCUT2D eigenvalue weighted by atomic mass is 16.5. The predicted molar refractivity (Wildman–Crippen MR) is 84.8 cm³/mol. The van der Waals surface area contributed by atoms with Crippen molar-refractivity contribution in [2.45, 2.75) is 19.1 Å². The first kappa shape index (κ1) is 16.5. The van der Waals surface area contributed by atoms with Crippen LogP contribution in [0.2, 0.25) is 0 Å². The number of hydrogen-bond donors (Lipinski definition) is 0. The summed E-state index contributed by atoms with van der Waals surface area (Å²) in [6.45, 7) is 4.22. The number of ether oxygens (including phenoxy) is 2. The van der Waals surface area contributed by atoms with Crippen LogP contribution in [0.5, 0.6) is 0 Å². The standard InChI is InChI=1S/C17H26N2O4/c1-18(8-14-4-3-7-22-14)10-16-15-9-19(17(20)12-21-2)6-5-13(15)11-23-16/h3-4,7,13,15-16H,5-6,8-12H2,1-2H3/t13-,15-,16+/m0/s1. The summed E-state index contributed by atoms with van der Waals surface area (Å²) in [6, 6.07) is 3.90. The van der Waals surface area contributed by atoms with Gasteiger partial charge in [-0.1, -0.05) is 0 Å². The number of rotatable bonds is 6. The van der Waals surface area contributed by atoms with Crippen LogP contribution in [0, 0.1) is 11.8 Å². The van der Waals surface area contributed by atoms with Crippen LogP contribution in [0.4, 0.5) is 0 Å². The maximum absolute atomic E-state index is 12.1. The van der Waals surface area contributed by atoms with Crippen LogP contribution in [-0.4, -0.2) is 68.8 Å². The van der Waals surface area contributed by atoms with Gasteiger partial charge in [-0.3, -0.25) is 9.69 Å². The molecule has 1 amide bonds. The normalized spacial score (nSPS) is 27.4. The molecule has 0 aromatic carbocycles. The molecule has 2 saturated heterocycles. The number of carbonyl (C=O) groups is 1. The third-order valence-electron chi connectivity index (χ3n) is 4.93. The molecule has 2 aliphatic rings. The van der Waals surface area contributed by atoms with E-state index in [2.05, 4.69) is 11.9 Å². The molecule has 6 heteroatoms. The monoisotopic (exact) mass is 322 g/mol. The van der Waals surface area contributed by atoms with Gasteiger partial charge < -0.3 is 18.8 Å². The Kier molecular flexibility index (Phi) is 5.35. The third-order valence-corrected chi connectivity index (χ3v) is 4.93. The first-order valence-electron chi connectivity index (χ1n) is 8.26. The third kappa shape index (κ3) is 3.94. The molecular formula is C17H26N2O4. The fourth-order valence-corrected chi connectivity index (χ4v) is 3.70. The van der Waals surface area contributed by atoms with E-state index in [9.17, 15) is 4.79 Å². The lowest BCUT2D eigenvalue weighted by molar-refractivity contribution is -0.137. The molecule has 6 nitrogen and oxygen atoms in total. The minimum atomic E-state index is 0.0838. The summed E-state index contributed by atoms with van der Waals surface area (Å²) in [6.07, 6.45) is 2.91. The molecular weight excluding hydrogens is 296 g/mol.